The van der Waals surface area contributed by atoms with Crippen molar-refractivity contribution in [3.63, 3.8) is 0 Å². The van der Waals surface area contributed by atoms with Gasteiger partial charge in [0.2, 0.25) is 0 Å². The van der Waals surface area contributed by atoms with Crippen molar-refractivity contribution in [1.82, 2.24) is 19.1 Å². The highest BCUT2D eigenvalue weighted by Gasteiger charge is 2.36. The topological polar surface area (TPSA) is 99.2 Å². The van der Waals surface area contributed by atoms with Gasteiger partial charge in [-0.2, -0.15) is 13.2 Å². The summed E-state index contributed by atoms with van der Waals surface area (Å²) in [4.78, 5) is 33.6. The van der Waals surface area contributed by atoms with Crippen molar-refractivity contribution in [1.29, 1.82) is 0 Å². The van der Waals surface area contributed by atoms with Gasteiger partial charge in [0.15, 0.2) is 5.82 Å². The molecule has 0 aliphatic rings. The second kappa shape index (κ2) is 10.5. The first-order valence-corrected chi connectivity index (χ1v) is 11.8. The van der Waals surface area contributed by atoms with Crippen LogP contribution in [-0.2, 0) is 18.4 Å². The predicted octanol–water partition coefficient (Wildman–Crippen LogP) is 4.84. The maximum absolute atomic E-state index is 14.0. The number of hydrogen-bond donors (Lipinski definition) is 1. The van der Waals surface area contributed by atoms with Crippen molar-refractivity contribution in [2.45, 2.75) is 39.2 Å². The Morgan fingerprint density at radius 1 is 1.02 bits per heavy atom. The van der Waals surface area contributed by atoms with E-state index in [9.17, 15) is 36.6 Å². The molecule has 210 valence electrons. The zero-order chi connectivity index (χ0) is 29.6. The van der Waals surface area contributed by atoms with Crippen LogP contribution in [0, 0.1) is 18.6 Å². The zero-order valence-electron chi connectivity index (χ0n) is 21.1. The number of aliphatic hydroxyl groups is 1. The van der Waals surface area contributed by atoms with Gasteiger partial charge in [-0.15, -0.1) is 0 Å². The van der Waals surface area contributed by atoms with Gasteiger partial charge >= 0.3 is 6.18 Å². The van der Waals surface area contributed by atoms with Gasteiger partial charge in [-0.25, -0.2) is 13.8 Å². The second-order valence-corrected chi connectivity index (χ2v) is 9.57. The van der Waals surface area contributed by atoms with Crippen molar-refractivity contribution in [2.24, 2.45) is 0 Å². The third kappa shape index (κ3) is 5.61. The Morgan fingerprint density at radius 2 is 1.73 bits per heavy atom. The number of nitrogens with zero attached hydrogens (tertiary/aromatic N) is 4. The van der Waals surface area contributed by atoms with Gasteiger partial charge in [0.05, 0.1) is 23.0 Å². The van der Waals surface area contributed by atoms with Crippen LogP contribution in [0.15, 0.2) is 58.5 Å². The van der Waals surface area contributed by atoms with Gasteiger partial charge in [0.25, 0.3) is 11.1 Å². The molecule has 0 bridgehead atoms. The fraction of sp³-hybridized carbons (Fsp3) is 0.231. The lowest BCUT2D eigenvalue weighted by molar-refractivity contribution is -0.137. The molecule has 1 N–H and O–H groups in total. The molecule has 0 unspecified atom stereocenters. The summed E-state index contributed by atoms with van der Waals surface area (Å²) in [6, 6.07) is 5.41. The molecule has 4 heterocycles. The molecule has 0 saturated carbocycles. The minimum Gasteiger partial charge on any atom is -0.485 e. The molecule has 0 aliphatic heterocycles. The summed E-state index contributed by atoms with van der Waals surface area (Å²) in [6.45, 7) is 3.49. The minimum atomic E-state index is -4.96. The van der Waals surface area contributed by atoms with Crippen LogP contribution in [0.2, 0.25) is 5.02 Å². The number of rotatable bonds is 6. The summed E-state index contributed by atoms with van der Waals surface area (Å²) in [5, 5.41) is 9.68. The molecule has 0 aliphatic carbocycles. The van der Waals surface area contributed by atoms with E-state index in [0.717, 1.165) is 22.9 Å². The summed E-state index contributed by atoms with van der Waals surface area (Å²) < 4.78 is 76.0. The highest BCUT2D eigenvalue weighted by Crippen LogP contribution is 2.35. The molecule has 0 amide bonds. The average Bonchev–Trinajstić information content (AvgIpc) is 2.85. The third-order valence-corrected chi connectivity index (χ3v) is 6.16. The lowest BCUT2D eigenvalue weighted by Gasteiger charge is -2.20. The Hall–Kier alpha value is -4.10. The van der Waals surface area contributed by atoms with Gasteiger partial charge < -0.3 is 9.84 Å². The van der Waals surface area contributed by atoms with Gasteiger partial charge in [0.1, 0.15) is 34.7 Å². The quantitative estimate of drug-likeness (QED) is 0.327. The van der Waals surface area contributed by atoms with Crippen LogP contribution in [0.3, 0.4) is 0 Å². The van der Waals surface area contributed by atoms with Gasteiger partial charge in [0, 0.05) is 41.9 Å². The standard InChI is InChI=1S/C26H20ClF5N4O4/c1-13-7-20(40-12-18-17(29)8-14(28)10-33-18)22(27)24(38)36(13)19-9-21(34-11-16(19)26(30,31)32)35-6-4-5-15(23(35)37)25(2,3)39/h4-11,39H,12H2,1-3H3. The Morgan fingerprint density at radius 3 is 2.35 bits per heavy atom. The summed E-state index contributed by atoms with van der Waals surface area (Å²) >= 11 is 6.16. The molecule has 0 aromatic carbocycles. The number of pyridine rings is 4. The van der Waals surface area contributed by atoms with Crippen LogP contribution in [0.1, 0.15) is 36.4 Å². The number of hydrogen-bond acceptors (Lipinski definition) is 6. The Kier molecular flexibility index (Phi) is 7.56. The molecule has 0 atom stereocenters. The normalized spacial score (nSPS) is 12.1. The van der Waals surface area contributed by atoms with Crippen molar-refractivity contribution in [3.05, 3.63) is 109 Å². The van der Waals surface area contributed by atoms with E-state index in [1.54, 1.807) is 0 Å². The first-order chi connectivity index (χ1) is 18.6. The molecular formula is C26H20ClF5N4O4. The number of halogens is 6. The SMILES string of the molecule is Cc1cc(OCc2ncc(F)cc2F)c(Cl)c(=O)n1-c1cc(-n2cccc(C(C)(C)O)c2=O)ncc1C(F)(F)F. The Balaban J connectivity index is 1.85. The lowest BCUT2D eigenvalue weighted by Crippen LogP contribution is -2.31. The second-order valence-electron chi connectivity index (χ2n) is 9.19. The van der Waals surface area contributed by atoms with Crippen molar-refractivity contribution in [3.8, 4) is 17.3 Å². The Labute approximate surface area is 227 Å². The first-order valence-electron chi connectivity index (χ1n) is 11.5. The minimum absolute atomic E-state index is 0.0387. The van der Waals surface area contributed by atoms with E-state index >= 15 is 0 Å². The van der Waals surface area contributed by atoms with Gasteiger partial charge in [-0.05, 0) is 32.9 Å². The molecular weight excluding hydrogens is 563 g/mol. The first kappa shape index (κ1) is 28.9. The summed E-state index contributed by atoms with van der Waals surface area (Å²) in [6.07, 6.45) is -2.48. The molecule has 4 rings (SSSR count). The van der Waals surface area contributed by atoms with Crippen LogP contribution >= 0.6 is 11.6 Å². The third-order valence-electron chi connectivity index (χ3n) is 5.82. The van der Waals surface area contributed by atoms with Crippen LogP contribution in [0.4, 0.5) is 22.0 Å². The maximum Gasteiger partial charge on any atom is 0.419 e. The molecule has 8 nitrogen and oxygen atoms in total. The monoisotopic (exact) mass is 582 g/mol. The van der Waals surface area contributed by atoms with E-state index in [-0.39, 0.29) is 28.5 Å². The molecule has 40 heavy (non-hydrogen) atoms. The number of alkyl halides is 3. The van der Waals surface area contributed by atoms with E-state index in [4.69, 9.17) is 16.3 Å². The maximum atomic E-state index is 14.0. The van der Waals surface area contributed by atoms with E-state index in [2.05, 4.69) is 9.97 Å². The predicted molar refractivity (Wildman–Crippen MR) is 134 cm³/mol. The van der Waals surface area contributed by atoms with Crippen molar-refractivity contribution in [2.75, 3.05) is 0 Å². The zero-order valence-corrected chi connectivity index (χ0v) is 21.8. The molecule has 0 spiro atoms. The van der Waals surface area contributed by atoms with E-state index in [0.29, 0.717) is 16.8 Å². The van der Waals surface area contributed by atoms with Crippen molar-refractivity contribution >= 4 is 11.6 Å². The smallest absolute Gasteiger partial charge is 0.419 e. The van der Waals surface area contributed by atoms with Crippen LogP contribution in [0.5, 0.6) is 5.75 Å². The molecule has 14 heteroatoms. The fourth-order valence-electron chi connectivity index (χ4n) is 3.89. The molecule has 4 aromatic heterocycles. The fourth-order valence-corrected chi connectivity index (χ4v) is 4.08. The average molecular weight is 583 g/mol. The molecule has 0 radical (unpaired) electrons. The molecule has 0 saturated heterocycles. The van der Waals surface area contributed by atoms with Gasteiger partial charge in [-0.1, -0.05) is 11.6 Å². The van der Waals surface area contributed by atoms with Crippen molar-refractivity contribution < 1.29 is 31.8 Å². The van der Waals surface area contributed by atoms with Crippen LogP contribution in [0.25, 0.3) is 11.5 Å². The van der Waals surface area contributed by atoms with Crippen LogP contribution < -0.4 is 15.9 Å². The highest BCUT2D eigenvalue weighted by atomic mass is 35.5. The number of aryl methyl sites for hydroxylation is 1. The highest BCUT2D eigenvalue weighted by molar-refractivity contribution is 6.31. The summed E-state index contributed by atoms with van der Waals surface area (Å²) in [5.74, 6) is -2.46. The van der Waals surface area contributed by atoms with E-state index in [1.807, 2.05) is 0 Å². The largest absolute Gasteiger partial charge is 0.485 e. The van der Waals surface area contributed by atoms with Gasteiger partial charge in [-0.3, -0.25) is 23.7 Å². The number of ether oxygens (including phenoxy) is 1. The summed E-state index contributed by atoms with van der Waals surface area (Å²) in [7, 11) is 0. The van der Waals surface area contributed by atoms with E-state index < -0.39 is 57.4 Å². The summed E-state index contributed by atoms with van der Waals surface area (Å²) in [5.41, 5.74) is -5.77. The Bertz CT molecular complexity index is 1730. The molecule has 0 fully saturated rings. The lowest BCUT2D eigenvalue weighted by atomic mass is 10.0. The molecule has 4 aromatic rings. The van der Waals surface area contributed by atoms with Crippen LogP contribution in [-0.4, -0.2) is 24.2 Å². The van der Waals surface area contributed by atoms with E-state index in [1.165, 1.54) is 39.1 Å². The number of aromatic nitrogens is 4.